The molecule has 0 bridgehead atoms. The summed E-state index contributed by atoms with van der Waals surface area (Å²) in [6.07, 6.45) is 5.06. The van der Waals surface area contributed by atoms with Gasteiger partial charge in [-0.25, -0.2) is 4.79 Å². The fourth-order valence-electron chi connectivity index (χ4n) is 2.42. The standard InChI is InChI=1S/C25H36O10/c1-2-8-28-9-10-29-11-12-30-13-14-31-15-16-32-17-18-33-19-20-34-21-22-35-25(27)24(26)23-6-4-3-5-7-23/h1,3-7H,8-22H2. The molecule has 0 heterocycles. The molecule has 10 heteroatoms. The lowest BCUT2D eigenvalue weighted by Gasteiger charge is -2.08. The van der Waals surface area contributed by atoms with Gasteiger partial charge in [-0.1, -0.05) is 36.3 Å². The quantitative estimate of drug-likeness (QED) is 0.0680. The van der Waals surface area contributed by atoms with Crippen LogP contribution in [-0.4, -0.2) is 111 Å². The molecule has 35 heavy (non-hydrogen) atoms. The SMILES string of the molecule is C#CCOCCOCCOCCOCCOCCOCCOCCOC(=O)C(=O)c1ccccc1. The molecule has 0 spiro atoms. The molecule has 0 aliphatic carbocycles. The van der Waals surface area contributed by atoms with Gasteiger partial charge in [0.25, 0.3) is 5.78 Å². The molecular formula is C25H36O10. The maximum atomic E-state index is 11.8. The normalized spacial score (nSPS) is 10.7. The Morgan fingerprint density at radius 1 is 0.571 bits per heavy atom. The van der Waals surface area contributed by atoms with E-state index in [1.54, 1.807) is 30.3 Å². The molecule has 0 fully saturated rings. The van der Waals surface area contributed by atoms with E-state index in [1.165, 1.54) is 0 Å². The molecule has 1 aromatic carbocycles. The van der Waals surface area contributed by atoms with E-state index in [2.05, 4.69) is 5.92 Å². The largest absolute Gasteiger partial charge is 0.457 e. The Morgan fingerprint density at radius 2 is 0.943 bits per heavy atom. The topological polar surface area (TPSA) is 108 Å². The van der Waals surface area contributed by atoms with Crippen molar-refractivity contribution in [3.8, 4) is 12.3 Å². The first kappa shape index (κ1) is 30.7. The van der Waals surface area contributed by atoms with Crippen molar-refractivity contribution in [1.82, 2.24) is 0 Å². The molecule has 1 aromatic rings. The zero-order valence-electron chi connectivity index (χ0n) is 20.2. The van der Waals surface area contributed by atoms with Gasteiger partial charge < -0.3 is 37.9 Å². The number of hydrogen-bond acceptors (Lipinski definition) is 10. The summed E-state index contributed by atoms with van der Waals surface area (Å²) in [5, 5.41) is 0. The third-order valence-electron chi connectivity index (χ3n) is 4.10. The van der Waals surface area contributed by atoms with Crippen molar-refractivity contribution in [3.63, 3.8) is 0 Å². The van der Waals surface area contributed by atoms with E-state index in [4.69, 9.17) is 44.3 Å². The molecule has 0 saturated carbocycles. The molecule has 0 saturated heterocycles. The Balaban J connectivity index is 1.74. The van der Waals surface area contributed by atoms with Gasteiger partial charge >= 0.3 is 5.97 Å². The van der Waals surface area contributed by atoms with E-state index < -0.39 is 11.8 Å². The van der Waals surface area contributed by atoms with E-state index in [0.717, 1.165) is 0 Å². The van der Waals surface area contributed by atoms with E-state index in [0.29, 0.717) is 91.5 Å². The van der Waals surface area contributed by atoms with Crippen LogP contribution < -0.4 is 0 Å². The molecule has 0 aromatic heterocycles. The molecule has 1 rings (SSSR count). The number of Topliss-reactive ketones (excluding diaryl/α,β-unsaturated/α-hetero) is 1. The van der Waals surface area contributed by atoms with Crippen LogP contribution in [-0.2, 0) is 42.7 Å². The van der Waals surface area contributed by atoms with Crippen LogP contribution in [0.5, 0.6) is 0 Å². The Bertz CT molecular complexity index is 689. The van der Waals surface area contributed by atoms with Crippen LogP contribution >= 0.6 is 0 Å². The first-order valence-electron chi connectivity index (χ1n) is 11.5. The molecular weight excluding hydrogens is 460 g/mol. The van der Waals surface area contributed by atoms with E-state index in [1.807, 2.05) is 0 Å². The van der Waals surface area contributed by atoms with E-state index in [9.17, 15) is 9.59 Å². The molecule has 0 aliphatic heterocycles. The van der Waals surface area contributed by atoms with Crippen LogP contribution in [0.1, 0.15) is 10.4 Å². The molecule has 0 N–H and O–H groups in total. The summed E-state index contributed by atoms with van der Waals surface area (Å²) < 4.78 is 42.1. The van der Waals surface area contributed by atoms with Crippen LogP contribution in [0.15, 0.2) is 30.3 Å². The van der Waals surface area contributed by atoms with E-state index >= 15 is 0 Å². The average Bonchev–Trinajstić information content (AvgIpc) is 2.89. The van der Waals surface area contributed by atoms with Crippen LogP contribution in [0.4, 0.5) is 0 Å². The second-order valence-corrected chi connectivity index (χ2v) is 6.76. The van der Waals surface area contributed by atoms with E-state index in [-0.39, 0.29) is 13.2 Å². The number of rotatable bonds is 24. The van der Waals surface area contributed by atoms with Crippen LogP contribution in [0.25, 0.3) is 0 Å². The van der Waals surface area contributed by atoms with Gasteiger partial charge in [0.05, 0.1) is 85.9 Å². The molecule has 0 amide bonds. The zero-order chi connectivity index (χ0) is 25.2. The van der Waals surface area contributed by atoms with Gasteiger partial charge in [-0.05, 0) is 0 Å². The predicted octanol–water partition coefficient (Wildman–Crippen LogP) is 1.16. The Kier molecular flexibility index (Phi) is 20.5. The molecule has 0 unspecified atom stereocenters. The van der Waals surface area contributed by atoms with Crippen LogP contribution in [0.2, 0.25) is 0 Å². The number of esters is 1. The highest BCUT2D eigenvalue weighted by molar-refractivity contribution is 6.40. The van der Waals surface area contributed by atoms with Crippen molar-refractivity contribution in [2.75, 3.05) is 99.1 Å². The van der Waals surface area contributed by atoms with Gasteiger partial charge in [-0.3, -0.25) is 4.79 Å². The summed E-state index contributed by atoms with van der Waals surface area (Å²) in [5.74, 6) is 0.816. The van der Waals surface area contributed by atoms with Crippen molar-refractivity contribution in [2.24, 2.45) is 0 Å². The summed E-state index contributed by atoms with van der Waals surface area (Å²) in [5.41, 5.74) is 0.298. The monoisotopic (exact) mass is 496 g/mol. The van der Waals surface area contributed by atoms with Crippen molar-refractivity contribution in [3.05, 3.63) is 35.9 Å². The fourth-order valence-corrected chi connectivity index (χ4v) is 2.42. The smallest absolute Gasteiger partial charge is 0.379 e. The number of carbonyl (C=O) groups excluding carboxylic acids is 2. The minimum absolute atomic E-state index is 0.00246. The highest BCUT2D eigenvalue weighted by Crippen LogP contribution is 2.01. The molecule has 10 nitrogen and oxygen atoms in total. The third-order valence-corrected chi connectivity index (χ3v) is 4.10. The molecule has 0 radical (unpaired) electrons. The summed E-state index contributed by atoms with van der Waals surface area (Å²) in [6.45, 7) is 5.96. The highest BCUT2D eigenvalue weighted by Gasteiger charge is 2.16. The lowest BCUT2D eigenvalue weighted by atomic mass is 10.1. The second-order valence-electron chi connectivity index (χ2n) is 6.76. The van der Waals surface area contributed by atoms with Crippen molar-refractivity contribution in [2.45, 2.75) is 0 Å². The van der Waals surface area contributed by atoms with Gasteiger partial charge in [-0.15, -0.1) is 6.42 Å². The minimum atomic E-state index is -0.895. The maximum absolute atomic E-state index is 11.8. The Hall–Kier alpha value is -2.36. The highest BCUT2D eigenvalue weighted by atomic mass is 16.6. The van der Waals surface area contributed by atoms with Crippen molar-refractivity contribution in [1.29, 1.82) is 0 Å². The van der Waals surface area contributed by atoms with Crippen molar-refractivity contribution >= 4 is 11.8 Å². The van der Waals surface area contributed by atoms with Crippen molar-refractivity contribution < 1.29 is 47.5 Å². The minimum Gasteiger partial charge on any atom is -0.457 e. The number of hydrogen-bond donors (Lipinski definition) is 0. The fraction of sp³-hybridized carbons (Fsp3) is 0.600. The number of benzene rings is 1. The van der Waals surface area contributed by atoms with Gasteiger partial charge in [-0.2, -0.15) is 0 Å². The van der Waals surface area contributed by atoms with Gasteiger partial charge in [0.1, 0.15) is 13.2 Å². The van der Waals surface area contributed by atoms with Crippen LogP contribution in [0.3, 0.4) is 0 Å². The molecule has 0 atom stereocenters. The Labute approximate surface area is 207 Å². The summed E-state index contributed by atoms with van der Waals surface area (Å²) in [7, 11) is 0. The lowest BCUT2D eigenvalue weighted by molar-refractivity contribution is -0.139. The number of carbonyl (C=O) groups is 2. The van der Waals surface area contributed by atoms with Crippen LogP contribution in [0, 0.1) is 12.3 Å². The number of ketones is 1. The summed E-state index contributed by atoms with van der Waals surface area (Å²) >= 11 is 0. The molecule has 0 aliphatic rings. The number of ether oxygens (including phenoxy) is 8. The first-order valence-corrected chi connectivity index (χ1v) is 11.5. The van der Waals surface area contributed by atoms with Gasteiger partial charge in [0, 0.05) is 5.56 Å². The predicted molar refractivity (Wildman–Crippen MR) is 126 cm³/mol. The molecule has 196 valence electrons. The first-order chi connectivity index (χ1) is 17.3. The maximum Gasteiger partial charge on any atom is 0.379 e. The third kappa shape index (κ3) is 18.6. The average molecular weight is 497 g/mol. The van der Waals surface area contributed by atoms with Gasteiger partial charge in [0.15, 0.2) is 0 Å². The Morgan fingerprint density at radius 3 is 1.34 bits per heavy atom. The second kappa shape index (κ2) is 23.4. The summed E-state index contributed by atoms with van der Waals surface area (Å²) in [6, 6.07) is 8.25. The lowest BCUT2D eigenvalue weighted by Crippen LogP contribution is -2.20. The number of terminal acetylenes is 1. The van der Waals surface area contributed by atoms with Gasteiger partial charge in [0.2, 0.25) is 0 Å². The summed E-state index contributed by atoms with van der Waals surface area (Å²) in [4.78, 5) is 23.5. The zero-order valence-corrected chi connectivity index (χ0v) is 20.2.